The van der Waals surface area contributed by atoms with E-state index in [1.54, 1.807) is 0 Å². The van der Waals surface area contributed by atoms with E-state index in [1.165, 1.54) is 16.8 Å². The summed E-state index contributed by atoms with van der Waals surface area (Å²) in [5.41, 5.74) is 3.66. The van der Waals surface area contributed by atoms with Crippen LogP contribution in [-0.4, -0.2) is 13.6 Å². The fourth-order valence-electron chi connectivity index (χ4n) is 2.11. The van der Waals surface area contributed by atoms with E-state index in [0.29, 0.717) is 0 Å². The Labute approximate surface area is 111 Å². The second-order valence-electron chi connectivity index (χ2n) is 5.87. The molecule has 0 radical (unpaired) electrons. The van der Waals surface area contributed by atoms with Crippen LogP contribution in [0.4, 0.5) is 5.69 Å². The summed E-state index contributed by atoms with van der Waals surface area (Å²) in [4.78, 5) is 2.27. The highest BCUT2D eigenvalue weighted by atomic mass is 15.1. The predicted octanol–water partition coefficient (Wildman–Crippen LogP) is 4.07. The van der Waals surface area contributed by atoms with E-state index < -0.39 is 0 Å². The Bertz CT molecular complexity index is 421. The number of nitrogens with zero attached hydrogens (tertiary/aromatic N) is 2. The van der Waals surface area contributed by atoms with E-state index in [9.17, 15) is 0 Å². The van der Waals surface area contributed by atoms with Crippen LogP contribution in [0, 0.1) is 30.6 Å². The minimum atomic E-state index is -0.205. The molecule has 18 heavy (non-hydrogen) atoms. The first-order valence-electron chi connectivity index (χ1n) is 6.55. The van der Waals surface area contributed by atoms with E-state index in [4.69, 9.17) is 5.26 Å². The van der Waals surface area contributed by atoms with Crippen molar-refractivity contribution < 1.29 is 0 Å². The highest BCUT2D eigenvalue weighted by Gasteiger charge is 2.16. The molecule has 0 aromatic heterocycles. The van der Waals surface area contributed by atoms with E-state index in [2.05, 4.69) is 50.1 Å². The summed E-state index contributed by atoms with van der Waals surface area (Å²) in [6.07, 6.45) is 1.99. The summed E-state index contributed by atoms with van der Waals surface area (Å²) < 4.78 is 0. The predicted molar refractivity (Wildman–Crippen MR) is 77.8 cm³/mol. The van der Waals surface area contributed by atoms with Gasteiger partial charge in [-0.15, -0.1) is 0 Å². The molecular weight excluding hydrogens is 220 g/mol. The van der Waals surface area contributed by atoms with Crippen LogP contribution in [0.5, 0.6) is 0 Å². The van der Waals surface area contributed by atoms with Gasteiger partial charge < -0.3 is 4.90 Å². The van der Waals surface area contributed by atoms with Crippen molar-refractivity contribution in [3.63, 3.8) is 0 Å². The first-order valence-corrected chi connectivity index (χ1v) is 6.55. The molecule has 0 saturated heterocycles. The summed E-state index contributed by atoms with van der Waals surface area (Å²) in [6.45, 7) is 9.26. The Morgan fingerprint density at radius 3 is 2.22 bits per heavy atom. The maximum absolute atomic E-state index is 8.99. The smallest absolute Gasteiger partial charge is 0.0683 e. The lowest BCUT2D eigenvalue weighted by Gasteiger charge is -2.22. The Hall–Kier alpha value is -1.49. The molecule has 1 aromatic rings. The van der Waals surface area contributed by atoms with E-state index in [1.807, 2.05) is 13.8 Å². The van der Waals surface area contributed by atoms with Gasteiger partial charge in [0, 0.05) is 19.3 Å². The number of benzene rings is 1. The Balaban J connectivity index is 2.56. The number of rotatable bonds is 5. The fourth-order valence-corrected chi connectivity index (χ4v) is 2.11. The quantitative estimate of drug-likeness (QED) is 0.780. The number of nitriles is 1. The molecule has 0 aliphatic carbocycles. The highest BCUT2D eigenvalue weighted by Crippen LogP contribution is 2.22. The molecule has 0 atom stereocenters. The van der Waals surface area contributed by atoms with Crippen molar-refractivity contribution in [1.29, 1.82) is 5.26 Å². The molecule has 2 heteroatoms. The van der Waals surface area contributed by atoms with Gasteiger partial charge in [0.05, 0.1) is 11.5 Å². The monoisotopic (exact) mass is 244 g/mol. The molecule has 0 spiro atoms. The topological polar surface area (TPSA) is 27.0 Å². The number of hydrogen-bond donors (Lipinski definition) is 0. The van der Waals surface area contributed by atoms with E-state index >= 15 is 0 Å². The summed E-state index contributed by atoms with van der Waals surface area (Å²) in [6, 6.07) is 8.97. The number of aryl methyl sites for hydroxylation is 2. The van der Waals surface area contributed by atoms with Crippen LogP contribution < -0.4 is 4.90 Å². The van der Waals surface area contributed by atoms with Crippen molar-refractivity contribution in [3.05, 3.63) is 29.3 Å². The van der Waals surface area contributed by atoms with Gasteiger partial charge in [-0.2, -0.15) is 5.26 Å². The molecule has 0 aliphatic heterocycles. The highest BCUT2D eigenvalue weighted by molar-refractivity contribution is 5.50. The fraction of sp³-hybridized carbons (Fsp3) is 0.562. The van der Waals surface area contributed by atoms with Gasteiger partial charge in [-0.3, -0.25) is 0 Å². The van der Waals surface area contributed by atoms with E-state index in [-0.39, 0.29) is 5.41 Å². The van der Waals surface area contributed by atoms with Gasteiger partial charge in [-0.05, 0) is 63.8 Å². The molecule has 0 bridgehead atoms. The van der Waals surface area contributed by atoms with Gasteiger partial charge in [0.25, 0.3) is 0 Å². The van der Waals surface area contributed by atoms with Crippen LogP contribution in [0.1, 0.15) is 37.8 Å². The van der Waals surface area contributed by atoms with E-state index in [0.717, 1.165) is 19.4 Å². The summed E-state index contributed by atoms with van der Waals surface area (Å²) >= 11 is 0. The number of anilines is 1. The Morgan fingerprint density at radius 1 is 1.17 bits per heavy atom. The molecule has 0 aliphatic rings. The zero-order valence-electron chi connectivity index (χ0n) is 12.2. The van der Waals surface area contributed by atoms with Crippen molar-refractivity contribution in [2.45, 2.75) is 40.5 Å². The molecule has 1 rings (SSSR count). The van der Waals surface area contributed by atoms with Crippen molar-refractivity contribution in [2.24, 2.45) is 5.41 Å². The van der Waals surface area contributed by atoms with Gasteiger partial charge in [-0.1, -0.05) is 6.07 Å². The normalized spacial score (nSPS) is 11.1. The first kappa shape index (κ1) is 14.6. The Morgan fingerprint density at radius 2 is 1.72 bits per heavy atom. The van der Waals surface area contributed by atoms with Crippen LogP contribution in [0.25, 0.3) is 0 Å². The lowest BCUT2D eigenvalue weighted by molar-refractivity contribution is 0.436. The first-order chi connectivity index (χ1) is 8.34. The molecule has 2 nitrogen and oxygen atoms in total. The minimum absolute atomic E-state index is 0.205. The van der Waals surface area contributed by atoms with Crippen LogP contribution >= 0.6 is 0 Å². The average Bonchev–Trinajstić information content (AvgIpc) is 2.27. The molecular formula is C16H24N2. The van der Waals surface area contributed by atoms with Crippen LogP contribution in [0.3, 0.4) is 0 Å². The number of hydrogen-bond acceptors (Lipinski definition) is 2. The minimum Gasteiger partial charge on any atom is -0.375 e. The Kier molecular flexibility index (Phi) is 4.78. The van der Waals surface area contributed by atoms with Crippen LogP contribution in [0.2, 0.25) is 0 Å². The SMILES string of the molecule is Cc1cc(C)cc(N(C)CCCC(C)(C)C#N)c1. The second kappa shape index (κ2) is 5.91. The summed E-state index contributed by atoms with van der Waals surface area (Å²) in [5.74, 6) is 0. The zero-order chi connectivity index (χ0) is 13.8. The van der Waals surface area contributed by atoms with Crippen molar-refractivity contribution in [2.75, 3.05) is 18.5 Å². The van der Waals surface area contributed by atoms with Gasteiger partial charge in [0.2, 0.25) is 0 Å². The molecule has 0 saturated carbocycles. The second-order valence-corrected chi connectivity index (χ2v) is 5.87. The third-order valence-electron chi connectivity index (χ3n) is 3.25. The average molecular weight is 244 g/mol. The molecule has 1 aromatic carbocycles. The molecule has 0 N–H and O–H groups in total. The van der Waals surface area contributed by atoms with Gasteiger partial charge in [0.15, 0.2) is 0 Å². The van der Waals surface area contributed by atoms with Gasteiger partial charge in [-0.25, -0.2) is 0 Å². The van der Waals surface area contributed by atoms with Crippen molar-refractivity contribution in [1.82, 2.24) is 0 Å². The maximum atomic E-state index is 8.99. The summed E-state index contributed by atoms with van der Waals surface area (Å²) in [5, 5.41) is 8.99. The van der Waals surface area contributed by atoms with Crippen LogP contribution in [-0.2, 0) is 0 Å². The molecule has 0 amide bonds. The van der Waals surface area contributed by atoms with Gasteiger partial charge >= 0.3 is 0 Å². The van der Waals surface area contributed by atoms with Gasteiger partial charge in [0.1, 0.15) is 0 Å². The molecule has 0 heterocycles. The lowest BCUT2D eigenvalue weighted by atomic mass is 9.90. The molecule has 0 fully saturated rings. The maximum Gasteiger partial charge on any atom is 0.0683 e. The zero-order valence-corrected chi connectivity index (χ0v) is 12.2. The third kappa shape index (κ3) is 4.41. The van der Waals surface area contributed by atoms with Crippen molar-refractivity contribution >= 4 is 5.69 Å². The lowest BCUT2D eigenvalue weighted by Crippen LogP contribution is -2.20. The molecule has 0 unspecified atom stereocenters. The van der Waals surface area contributed by atoms with Crippen LogP contribution in [0.15, 0.2) is 18.2 Å². The third-order valence-corrected chi connectivity index (χ3v) is 3.25. The summed E-state index contributed by atoms with van der Waals surface area (Å²) in [7, 11) is 2.12. The standard InChI is InChI=1S/C16H24N2/c1-13-9-14(2)11-15(10-13)18(5)8-6-7-16(3,4)12-17/h9-11H,6-8H2,1-5H3. The van der Waals surface area contributed by atoms with Crippen molar-refractivity contribution in [3.8, 4) is 6.07 Å². The molecule has 98 valence electrons. The largest absolute Gasteiger partial charge is 0.375 e.